The van der Waals surface area contributed by atoms with Gasteiger partial charge in [0.05, 0.1) is 6.42 Å². The van der Waals surface area contributed by atoms with Crippen LogP contribution < -0.4 is 25.0 Å². The molecule has 3 aromatic carbocycles. The second-order valence-electron chi connectivity index (χ2n) is 9.61. The number of para-hydroxylation sites is 2. The van der Waals surface area contributed by atoms with E-state index in [1.807, 2.05) is 54.6 Å². The molecule has 0 unspecified atom stereocenters. The third-order valence-corrected chi connectivity index (χ3v) is 6.96. The molecule has 0 aromatic heterocycles. The number of anilines is 1. The third kappa shape index (κ3) is 6.58. The Morgan fingerprint density at radius 3 is 2.36 bits per heavy atom. The highest BCUT2D eigenvalue weighted by Crippen LogP contribution is 2.31. The number of benzene rings is 3. The number of ether oxygens (including phenoxy) is 2. The van der Waals surface area contributed by atoms with Gasteiger partial charge in [-0.05, 0) is 54.8 Å². The average molecular weight is 486 g/mol. The van der Waals surface area contributed by atoms with Crippen LogP contribution in [-0.4, -0.2) is 44.3 Å². The molecule has 2 N–H and O–H groups in total. The molecular weight excluding hydrogens is 450 g/mol. The van der Waals surface area contributed by atoms with Crippen molar-refractivity contribution >= 4 is 11.6 Å². The van der Waals surface area contributed by atoms with E-state index >= 15 is 0 Å². The van der Waals surface area contributed by atoms with Gasteiger partial charge in [-0.25, -0.2) is 0 Å². The van der Waals surface area contributed by atoms with Crippen LogP contribution in [0, 0.1) is 0 Å². The standard InChI is InChI=1S/C30H35N3O3/c34-30(32-21-24-6-2-1-3-7-24)20-23-10-12-26(13-11-23)33-18-15-25(16-19-33)31-17-14-27-22-35-28-8-4-5-9-29(28)36-27/h1-13,25,27,31H,14-22H2,(H,32,34)/t27-/m0/s1. The Bertz CT molecular complexity index is 1110. The number of nitrogens with one attached hydrogen (secondary N) is 2. The molecule has 0 bridgehead atoms. The number of hydrogen-bond acceptors (Lipinski definition) is 5. The first kappa shape index (κ1) is 24.2. The zero-order valence-corrected chi connectivity index (χ0v) is 20.7. The molecule has 0 radical (unpaired) electrons. The normalized spacial score (nSPS) is 17.6. The number of piperidine rings is 1. The fourth-order valence-electron chi connectivity index (χ4n) is 4.86. The van der Waals surface area contributed by atoms with Crippen LogP contribution in [0.2, 0.25) is 0 Å². The number of nitrogens with zero attached hydrogens (tertiary/aromatic N) is 1. The van der Waals surface area contributed by atoms with Crippen molar-refractivity contribution in [2.75, 3.05) is 31.1 Å². The molecule has 2 aliphatic heterocycles. The topological polar surface area (TPSA) is 62.8 Å². The van der Waals surface area contributed by atoms with Gasteiger partial charge in [-0.15, -0.1) is 0 Å². The van der Waals surface area contributed by atoms with Crippen molar-refractivity contribution in [2.45, 2.75) is 44.4 Å². The molecule has 1 saturated heterocycles. The van der Waals surface area contributed by atoms with Crippen molar-refractivity contribution in [3.05, 3.63) is 90.0 Å². The molecule has 6 nitrogen and oxygen atoms in total. The van der Waals surface area contributed by atoms with Gasteiger partial charge in [0.15, 0.2) is 11.5 Å². The summed E-state index contributed by atoms with van der Waals surface area (Å²) in [5, 5.41) is 6.71. The van der Waals surface area contributed by atoms with Crippen molar-refractivity contribution in [1.29, 1.82) is 0 Å². The molecule has 36 heavy (non-hydrogen) atoms. The lowest BCUT2D eigenvalue weighted by Gasteiger charge is -2.34. The number of amides is 1. The average Bonchev–Trinajstić information content (AvgIpc) is 2.93. The molecular formula is C30H35N3O3. The molecule has 2 heterocycles. The molecule has 188 valence electrons. The highest BCUT2D eigenvalue weighted by atomic mass is 16.6. The number of carbonyl (C=O) groups is 1. The highest BCUT2D eigenvalue weighted by Gasteiger charge is 2.22. The minimum absolute atomic E-state index is 0.0490. The fourth-order valence-corrected chi connectivity index (χ4v) is 4.86. The van der Waals surface area contributed by atoms with E-state index in [4.69, 9.17) is 9.47 Å². The number of rotatable bonds is 9. The lowest BCUT2D eigenvalue weighted by Crippen LogP contribution is -2.44. The quantitative estimate of drug-likeness (QED) is 0.472. The van der Waals surface area contributed by atoms with Crippen molar-refractivity contribution in [3.63, 3.8) is 0 Å². The van der Waals surface area contributed by atoms with Crippen LogP contribution in [0.4, 0.5) is 5.69 Å². The summed E-state index contributed by atoms with van der Waals surface area (Å²) in [5.74, 6) is 1.74. The Morgan fingerprint density at radius 2 is 1.58 bits per heavy atom. The summed E-state index contributed by atoms with van der Waals surface area (Å²) in [6.45, 7) is 4.18. The molecule has 0 saturated carbocycles. The van der Waals surface area contributed by atoms with E-state index in [0.717, 1.165) is 61.5 Å². The third-order valence-electron chi connectivity index (χ3n) is 6.96. The number of hydrogen-bond donors (Lipinski definition) is 2. The Labute approximate surface area is 213 Å². The Morgan fingerprint density at radius 1 is 0.861 bits per heavy atom. The van der Waals surface area contributed by atoms with Crippen molar-refractivity contribution < 1.29 is 14.3 Å². The van der Waals surface area contributed by atoms with Gasteiger partial charge in [0.2, 0.25) is 5.91 Å². The smallest absolute Gasteiger partial charge is 0.224 e. The van der Waals surface area contributed by atoms with Crippen molar-refractivity contribution in [3.8, 4) is 11.5 Å². The van der Waals surface area contributed by atoms with E-state index in [-0.39, 0.29) is 12.0 Å². The van der Waals surface area contributed by atoms with Crippen LogP contribution in [0.5, 0.6) is 11.5 Å². The molecule has 1 atom stereocenters. The fraction of sp³-hybridized carbons (Fsp3) is 0.367. The summed E-state index contributed by atoms with van der Waals surface area (Å²) in [7, 11) is 0. The first-order valence-electron chi connectivity index (χ1n) is 13.0. The lowest BCUT2D eigenvalue weighted by molar-refractivity contribution is -0.120. The zero-order chi connectivity index (χ0) is 24.6. The van der Waals surface area contributed by atoms with Gasteiger partial charge < -0.3 is 25.0 Å². The Balaban J connectivity index is 0.999. The molecule has 6 heteroatoms. The predicted octanol–water partition coefficient (Wildman–Crippen LogP) is 4.33. The van der Waals surface area contributed by atoms with E-state index in [1.165, 1.54) is 5.69 Å². The molecule has 3 aromatic rings. The summed E-state index contributed by atoms with van der Waals surface area (Å²) in [4.78, 5) is 14.7. The zero-order valence-electron chi connectivity index (χ0n) is 20.7. The summed E-state index contributed by atoms with van der Waals surface area (Å²) >= 11 is 0. The molecule has 1 fully saturated rings. The van der Waals surface area contributed by atoms with Crippen LogP contribution in [0.1, 0.15) is 30.4 Å². The minimum Gasteiger partial charge on any atom is -0.486 e. The van der Waals surface area contributed by atoms with Gasteiger partial charge in [0, 0.05) is 37.8 Å². The summed E-state index contributed by atoms with van der Waals surface area (Å²) in [6.07, 6.45) is 3.68. The van der Waals surface area contributed by atoms with Crippen molar-refractivity contribution in [2.24, 2.45) is 0 Å². The Kier molecular flexibility index (Phi) is 8.03. The van der Waals surface area contributed by atoms with Gasteiger partial charge in [-0.2, -0.15) is 0 Å². The monoisotopic (exact) mass is 485 g/mol. The first-order chi connectivity index (χ1) is 17.7. The maximum absolute atomic E-state index is 12.3. The SMILES string of the molecule is O=C(Cc1ccc(N2CCC(NCC[C@H]3COc4ccccc4O3)CC2)cc1)NCc1ccccc1. The van der Waals surface area contributed by atoms with Crippen LogP contribution in [-0.2, 0) is 17.8 Å². The summed E-state index contributed by atoms with van der Waals surface area (Å²) in [6, 6.07) is 26.8. The number of carbonyl (C=O) groups excluding carboxylic acids is 1. The maximum atomic E-state index is 12.3. The van der Waals surface area contributed by atoms with Gasteiger partial charge in [-0.1, -0.05) is 54.6 Å². The van der Waals surface area contributed by atoms with E-state index in [9.17, 15) is 4.79 Å². The molecule has 2 aliphatic rings. The summed E-state index contributed by atoms with van der Waals surface area (Å²) in [5.41, 5.74) is 3.38. The Hall–Kier alpha value is -3.51. The van der Waals surface area contributed by atoms with E-state index in [0.29, 0.717) is 25.6 Å². The molecule has 0 spiro atoms. The van der Waals surface area contributed by atoms with Crippen LogP contribution in [0.25, 0.3) is 0 Å². The highest BCUT2D eigenvalue weighted by molar-refractivity contribution is 5.78. The maximum Gasteiger partial charge on any atom is 0.224 e. The lowest BCUT2D eigenvalue weighted by atomic mass is 10.0. The first-order valence-corrected chi connectivity index (χ1v) is 13.0. The van der Waals surface area contributed by atoms with Gasteiger partial charge in [0.1, 0.15) is 12.7 Å². The van der Waals surface area contributed by atoms with E-state index < -0.39 is 0 Å². The molecule has 1 amide bonds. The van der Waals surface area contributed by atoms with E-state index in [1.54, 1.807) is 0 Å². The van der Waals surface area contributed by atoms with Gasteiger partial charge >= 0.3 is 0 Å². The molecule has 0 aliphatic carbocycles. The van der Waals surface area contributed by atoms with Gasteiger partial charge in [-0.3, -0.25) is 4.79 Å². The van der Waals surface area contributed by atoms with Crippen LogP contribution >= 0.6 is 0 Å². The largest absolute Gasteiger partial charge is 0.486 e. The second-order valence-corrected chi connectivity index (χ2v) is 9.61. The second kappa shape index (κ2) is 12.0. The molecule has 5 rings (SSSR count). The number of fused-ring (bicyclic) bond motifs is 1. The summed E-state index contributed by atoms with van der Waals surface area (Å²) < 4.78 is 11.9. The van der Waals surface area contributed by atoms with Crippen LogP contribution in [0.3, 0.4) is 0 Å². The minimum atomic E-state index is 0.0490. The van der Waals surface area contributed by atoms with Crippen LogP contribution in [0.15, 0.2) is 78.9 Å². The van der Waals surface area contributed by atoms with E-state index in [2.05, 4.69) is 39.8 Å². The van der Waals surface area contributed by atoms with Crippen molar-refractivity contribution in [1.82, 2.24) is 10.6 Å². The predicted molar refractivity (Wildman–Crippen MR) is 143 cm³/mol. The van der Waals surface area contributed by atoms with Gasteiger partial charge in [0.25, 0.3) is 0 Å².